The average Bonchev–Trinajstić information content (AvgIpc) is 2.89. The van der Waals surface area contributed by atoms with Gasteiger partial charge in [-0.05, 0) is 75.5 Å². The zero-order valence-corrected chi connectivity index (χ0v) is 21.6. The van der Waals surface area contributed by atoms with Crippen molar-refractivity contribution in [3.63, 3.8) is 0 Å². The number of azide groups is 1. The summed E-state index contributed by atoms with van der Waals surface area (Å²) in [6.07, 6.45) is 2.63. The van der Waals surface area contributed by atoms with E-state index in [9.17, 15) is 5.53 Å². The van der Waals surface area contributed by atoms with Crippen LogP contribution in [-0.4, -0.2) is 10.8 Å². The molecule has 0 bridgehead atoms. The first-order valence-electron chi connectivity index (χ1n) is 11.3. The van der Waals surface area contributed by atoms with Crippen LogP contribution in [0.3, 0.4) is 0 Å². The van der Waals surface area contributed by atoms with E-state index in [4.69, 9.17) is 21.9 Å². The fourth-order valence-corrected chi connectivity index (χ4v) is 4.75. The normalized spacial score (nSPS) is 10.3. The van der Waals surface area contributed by atoms with Crippen LogP contribution in [0, 0.1) is 0 Å². The van der Waals surface area contributed by atoms with Gasteiger partial charge in [-0.2, -0.15) is 0 Å². The maximum atomic E-state index is 9.31. The molecular weight excluding hydrogens is 505 g/mol. The summed E-state index contributed by atoms with van der Waals surface area (Å²) in [7, 11) is 0. The zero-order chi connectivity index (χ0) is 24.5. The molecule has 0 aliphatic heterocycles. The highest BCUT2D eigenvalue weighted by atomic mass is 35.5. The highest BCUT2D eigenvalue weighted by molar-refractivity contribution is 6.19. The molecule has 6 N–H and O–H groups in total. The second kappa shape index (κ2) is 11.2. The number of aryl methyl sites for hydroxylation is 1. The van der Waals surface area contributed by atoms with Gasteiger partial charge in [-0.1, -0.05) is 54.5 Å². The topological polar surface area (TPSA) is 139 Å². The first-order valence-corrected chi connectivity index (χ1v) is 11.3. The summed E-state index contributed by atoms with van der Waals surface area (Å²) >= 11 is 0. The molecule has 1 heterocycles. The molecule has 0 radical (unpaired) electrons. The molecular formula is C28H25Cl2N7. The molecule has 5 rings (SSSR count). The molecule has 0 saturated heterocycles. The number of nitrogen functional groups attached to an aromatic ring is 1. The monoisotopic (exact) mass is 529 g/mol. The standard InChI is InChI=1S/C28H23N7.2ClH/c1-2-19-20(16-7-4-3-5-8-16)14-21(17-9-6-10-18(13-17)28(30)31)22-15-33-24-12-11-23(29)27(34-35-32)26(24)25(19)22;;/h3-15H,2,29H2,1H3,(H3,30,31);2*1H. The molecule has 186 valence electrons. The van der Waals surface area contributed by atoms with Gasteiger partial charge >= 0.3 is 0 Å². The third-order valence-corrected chi connectivity index (χ3v) is 6.33. The lowest BCUT2D eigenvalue weighted by atomic mass is 9.86. The molecule has 37 heavy (non-hydrogen) atoms. The largest absolute Gasteiger partial charge is 1.00 e. The van der Waals surface area contributed by atoms with Crippen molar-refractivity contribution < 1.29 is 17.8 Å². The molecule has 1 aromatic heterocycles. The van der Waals surface area contributed by atoms with Gasteiger partial charge < -0.3 is 18.1 Å². The lowest BCUT2D eigenvalue weighted by Gasteiger charge is -2.19. The number of anilines is 1. The molecule has 0 aliphatic rings. The van der Waals surface area contributed by atoms with Gasteiger partial charge in [-0.15, -0.1) is 12.4 Å². The van der Waals surface area contributed by atoms with Gasteiger partial charge in [-0.25, -0.2) is 0 Å². The van der Waals surface area contributed by atoms with E-state index in [-0.39, 0.29) is 30.6 Å². The summed E-state index contributed by atoms with van der Waals surface area (Å²) in [5, 5.41) is 12.5. The van der Waals surface area contributed by atoms with E-state index in [1.54, 1.807) is 6.07 Å². The number of nitrogens with zero attached hydrogens (tertiary/aromatic N) is 4. The van der Waals surface area contributed by atoms with Crippen LogP contribution < -0.4 is 29.3 Å². The molecule has 0 amide bonds. The van der Waals surface area contributed by atoms with Gasteiger partial charge in [0.15, 0.2) is 0 Å². The molecule has 0 aliphatic carbocycles. The maximum Gasteiger partial charge on any atom is 0.270 e. The van der Waals surface area contributed by atoms with Crippen molar-refractivity contribution in [2.45, 2.75) is 13.3 Å². The van der Waals surface area contributed by atoms with Gasteiger partial charge in [0.1, 0.15) is 0 Å². The van der Waals surface area contributed by atoms with E-state index in [1.807, 2.05) is 54.7 Å². The summed E-state index contributed by atoms with van der Waals surface area (Å²) < 4.78 is 0. The zero-order valence-electron chi connectivity index (χ0n) is 20.0. The number of amidine groups is 1. The number of nitrogens with two attached hydrogens (primary N) is 3. The summed E-state index contributed by atoms with van der Waals surface area (Å²) in [6.45, 7) is 2.12. The molecule has 5 aromatic rings. The van der Waals surface area contributed by atoms with Crippen LogP contribution >= 0.6 is 12.4 Å². The van der Waals surface area contributed by atoms with E-state index in [1.165, 1.54) is 0 Å². The molecule has 0 spiro atoms. The van der Waals surface area contributed by atoms with E-state index in [0.29, 0.717) is 16.9 Å². The molecule has 7 nitrogen and oxygen atoms in total. The average molecular weight is 530 g/mol. The number of fused-ring (bicyclic) bond motifs is 3. The van der Waals surface area contributed by atoms with E-state index < -0.39 is 0 Å². The summed E-state index contributed by atoms with van der Waals surface area (Å²) in [5.41, 5.74) is 29.0. The Kier molecular flexibility index (Phi) is 8.25. The minimum absolute atomic E-state index is 0. The van der Waals surface area contributed by atoms with Crippen LogP contribution in [-0.2, 0) is 6.42 Å². The highest BCUT2D eigenvalue weighted by Crippen LogP contribution is 2.44. The van der Waals surface area contributed by atoms with Gasteiger partial charge in [0, 0.05) is 27.6 Å². The molecule has 0 atom stereocenters. The summed E-state index contributed by atoms with van der Waals surface area (Å²) in [6, 6.07) is 23.8. The predicted octanol–water partition coefficient (Wildman–Crippen LogP) is 2.70. The third kappa shape index (κ3) is 4.76. The van der Waals surface area contributed by atoms with Crippen LogP contribution in [0.1, 0.15) is 18.1 Å². The lowest BCUT2D eigenvalue weighted by Crippen LogP contribution is -3.00. The molecule has 0 saturated carbocycles. The number of hydrogen-bond acceptors (Lipinski definition) is 3. The number of benzene rings is 4. The molecule has 0 unspecified atom stereocenters. The maximum absolute atomic E-state index is 9.31. The Morgan fingerprint density at radius 1 is 0.973 bits per heavy atom. The minimum Gasteiger partial charge on any atom is -1.00 e. The Morgan fingerprint density at radius 3 is 2.38 bits per heavy atom. The van der Waals surface area contributed by atoms with Crippen molar-refractivity contribution in [3.8, 4) is 22.3 Å². The Balaban J connectivity index is 0.00000190. The summed E-state index contributed by atoms with van der Waals surface area (Å²) in [4.78, 5) is 7.78. The number of pyridine rings is 1. The van der Waals surface area contributed by atoms with Gasteiger partial charge in [0.25, 0.3) is 5.84 Å². The van der Waals surface area contributed by atoms with Gasteiger partial charge in [0.05, 0.1) is 16.8 Å². The number of hydrogen-bond donors (Lipinski definition) is 3. The Morgan fingerprint density at radius 2 is 1.70 bits per heavy atom. The van der Waals surface area contributed by atoms with Crippen LogP contribution in [0.4, 0.5) is 11.4 Å². The van der Waals surface area contributed by atoms with Crippen LogP contribution in [0.25, 0.3) is 54.4 Å². The Bertz CT molecular complexity index is 1680. The summed E-state index contributed by atoms with van der Waals surface area (Å²) in [5.74, 6) is 0.256. The molecule has 0 fully saturated rings. The Labute approximate surface area is 226 Å². The first kappa shape index (κ1) is 27.3. The van der Waals surface area contributed by atoms with Crippen molar-refractivity contribution in [1.82, 2.24) is 4.98 Å². The van der Waals surface area contributed by atoms with Crippen molar-refractivity contribution in [2.75, 3.05) is 5.73 Å². The number of aromatic nitrogens is 1. The van der Waals surface area contributed by atoms with E-state index in [0.717, 1.165) is 56.0 Å². The quantitative estimate of drug-likeness (QED) is 0.0612. The molecule has 4 aromatic carbocycles. The minimum atomic E-state index is 0. The van der Waals surface area contributed by atoms with Crippen molar-refractivity contribution >= 4 is 51.3 Å². The highest BCUT2D eigenvalue weighted by Gasteiger charge is 2.19. The smallest absolute Gasteiger partial charge is 0.270 e. The van der Waals surface area contributed by atoms with Crippen molar-refractivity contribution in [1.29, 1.82) is 0 Å². The van der Waals surface area contributed by atoms with Crippen LogP contribution in [0.2, 0.25) is 0 Å². The second-order valence-electron chi connectivity index (χ2n) is 8.34. The third-order valence-electron chi connectivity index (χ3n) is 6.33. The van der Waals surface area contributed by atoms with E-state index in [2.05, 4.69) is 35.1 Å². The van der Waals surface area contributed by atoms with Crippen LogP contribution in [0.5, 0.6) is 0 Å². The predicted molar refractivity (Wildman–Crippen MR) is 150 cm³/mol. The number of halogens is 2. The van der Waals surface area contributed by atoms with Crippen molar-refractivity contribution in [3.05, 3.63) is 101 Å². The number of rotatable bonds is 5. The fraction of sp³-hybridized carbons (Fsp3) is 0.0714. The Hall–Kier alpha value is -4.29. The van der Waals surface area contributed by atoms with Crippen molar-refractivity contribution in [2.24, 2.45) is 10.8 Å². The SMILES string of the molecule is CCc1c(-c2ccccc2)cc(-c2cccc(C(N)=[NH2+])c2)c2cnc3ccc(N)c(N=[N+]=[N-])c3c12.Cl.[Cl-]. The second-order valence-corrected chi connectivity index (χ2v) is 8.34. The lowest BCUT2D eigenvalue weighted by molar-refractivity contribution is -0.114. The van der Waals surface area contributed by atoms with Gasteiger partial charge in [-0.3, -0.25) is 16.1 Å². The first-order chi connectivity index (χ1) is 17.0. The van der Waals surface area contributed by atoms with E-state index >= 15 is 0 Å². The van der Waals surface area contributed by atoms with Crippen LogP contribution in [0.15, 0.2) is 84.1 Å². The molecule has 9 heteroatoms. The fourth-order valence-electron chi connectivity index (χ4n) is 4.75. The van der Waals surface area contributed by atoms with Gasteiger partial charge in [0.2, 0.25) is 0 Å².